The molecule has 4 rings (SSSR count). The maximum absolute atomic E-state index is 13.1. The number of carbonyl (C=O) groups is 1. The van der Waals surface area contributed by atoms with Crippen molar-refractivity contribution in [2.24, 2.45) is 0 Å². The number of benzene rings is 1. The molecule has 0 bridgehead atoms. The number of H-pyrrole nitrogens is 1. The number of fused-ring (bicyclic) bond motifs is 1. The molecule has 5 nitrogen and oxygen atoms in total. The highest BCUT2D eigenvalue weighted by Gasteiger charge is 2.32. The lowest BCUT2D eigenvalue weighted by Gasteiger charge is -2.38. The molecule has 1 atom stereocenters. The van der Waals surface area contributed by atoms with Crippen LogP contribution in [0.3, 0.4) is 0 Å². The molecule has 1 aliphatic carbocycles. The minimum absolute atomic E-state index is 0.263. The molecule has 0 unspecified atom stereocenters. The van der Waals surface area contributed by atoms with E-state index < -0.39 is 0 Å². The Morgan fingerprint density at radius 3 is 2.74 bits per heavy atom. The summed E-state index contributed by atoms with van der Waals surface area (Å²) in [6.07, 6.45) is 8.23. The van der Waals surface area contributed by atoms with Crippen LogP contribution in [-0.4, -0.2) is 76.9 Å². The zero-order valence-electron chi connectivity index (χ0n) is 19.1. The second-order valence-electron chi connectivity index (χ2n) is 9.37. The molecule has 2 aromatic rings. The van der Waals surface area contributed by atoms with Gasteiger partial charge in [0.1, 0.15) is 0 Å². The van der Waals surface area contributed by atoms with Gasteiger partial charge >= 0.3 is 0 Å². The van der Waals surface area contributed by atoms with E-state index in [-0.39, 0.29) is 5.91 Å². The first-order valence-corrected chi connectivity index (χ1v) is 12.4. The Hall–Kier alpha value is -1.56. The summed E-state index contributed by atoms with van der Waals surface area (Å²) < 4.78 is 0. The van der Waals surface area contributed by atoms with E-state index in [4.69, 9.17) is 11.6 Å². The van der Waals surface area contributed by atoms with Crippen LogP contribution in [0.4, 0.5) is 0 Å². The molecule has 1 amide bonds. The molecule has 0 spiro atoms. The van der Waals surface area contributed by atoms with Gasteiger partial charge in [-0.3, -0.25) is 9.69 Å². The van der Waals surface area contributed by atoms with Gasteiger partial charge in [0, 0.05) is 66.9 Å². The average Bonchev–Trinajstić information content (AvgIpc) is 3.53. The van der Waals surface area contributed by atoms with Crippen LogP contribution >= 0.6 is 11.6 Å². The first-order chi connectivity index (χ1) is 15.0. The predicted molar refractivity (Wildman–Crippen MR) is 129 cm³/mol. The van der Waals surface area contributed by atoms with Crippen molar-refractivity contribution in [3.63, 3.8) is 0 Å². The number of aromatic nitrogens is 1. The molecular formula is C25H37ClN4O. The van der Waals surface area contributed by atoms with Crippen LogP contribution in [0.2, 0.25) is 5.02 Å². The number of amides is 1. The van der Waals surface area contributed by atoms with Crippen molar-refractivity contribution in [1.82, 2.24) is 19.7 Å². The van der Waals surface area contributed by atoms with E-state index >= 15 is 0 Å². The zero-order chi connectivity index (χ0) is 21.8. The number of carbonyl (C=O) groups excluding carboxylic acids is 1. The molecule has 2 heterocycles. The van der Waals surface area contributed by atoms with Gasteiger partial charge in [-0.1, -0.05) is 24.6 Å². The summed E-state index contributed by atoms with van der Waals surface area (Å²) in [6.45, 7) is 11.5. The molecule has 31 heavy (non-hydrogen) atoms. The van der Waals surface area contributed by atoms with Crippen molar-refractivity contribution in [3.8, 4) is 0 Å². The normalized spacial score (nSPS) is 19.1. The molecule has 1 aromatic carbocycles. The monoisotopic (exact) mass is 444 g/mol. The quantitative estimate of drug-likeness (QED) is 0.584. The van der Waals surface area contributed by atoms with E-state index in [2.05, 4.69) is 33.5 Å². The van der Waals surface area contributed by atoms with E-state index in [1.54, 1.807) is 0 Å². The minimum atomic E-state index is 0.263. The third-order valence-electron chi connectivity index (χ3n) is 6.97. The first kappa shape index (κ1) is 22.6. The molecule has 0 radical (unpaired) electrons. The summed E-state index contributed by atoms with van der Waals surface area (Å²) in [4.78, 5) is 23.8. The number of piperazine rings is 1. The van der Waals surface area contributed by atoms with Gasteiger partial charge in [0.2, 0.25) is 5.91 Å². The standard InChI is InChI=1S/C25H37ClN4O/c1-3-10-28-12-14-29(15-13-28)19(2)5-4-11-30(22-7-8-22)25(31)16-20-18-27-24-17-21(26)6-9-23(20)24/h6,9,17-19,22,27H,3-5,7-8,10-16H2,1-2H3/t19-/m1/s1. The van der Waals surface area contributed by atoms with E-state index in [0.717, 1.165) is 48.7 Å². The molecule has 170 valence electrons. The van der Waals surface area contributed by atoms with Crippen LogP contribution in [0, 0.1) is 0 Å². The van der Waals surface area contributed by atoms with Crippen molar-refractivity contribution in [2.45, 2.75) is 64.5 Å². The van der Waals surface area contributed by atoms with Crippen LogP contribution in [0.25, 0.3) is 10.9 Å². The van der Waals surface area contributed by atoms with Gasteiger partial charge in [-0.15, -0.1) is 0 Å². The second-order valence-corrected chi connectivity index (χ2v) is 9.80. The molecule has 1 N–H and O–H groups in total. The molecule has 1 aliphatic heterocycles. The predicted octanol–water partition coefficient (Wildman–Crippen LogP) is 4.55. The Morgan fingerprint density at radius 2 is 2.03 bits per heavy atom. The number of nitrogens with one attached hydrogen (secondary N) is 1. The Bertz CT molecular complexity index is 870. The Kier molecular flexibility index (Phi) is 7.57. The molecule has 2 fully saturated rings. The van der Waals surface area contributed by atoms with Crippen molar-refractivity contribution < 1.29 is 4.79 Å². The highest BCUT2D eigenvalue weighted by molar-refractivity contribution is 6.31. The number of hydrogen-bond acceptors (Lipinski definition) is 3. The number of aromatic amines is 1. The van der Waals surface area contributed by atoms with Gasteiger partial charge in [-0.05, 0) is 63.3 Å². The summed E-state index contributed by atoms with van der Waals surface area (Å²) in [5, 5.41) is 1.82. The molecule has 1 saturated heterocycles. The largest absolute Gasteiger partial charge is 0.361 e. The number of halogens is 1. The lowest BCUT2D eigenvalue weighted by Crippen LogP contribution is -2.49. The fraction of sp³-hybridized carbons (Fsp3) is 0.640. The average molecular weight is 445 g/mol. The number of hydrogen-bond donors (Lipinski definition) is 1. The fourth-order valence-electron chi connectivity index (χ4n) is 4.95. The van der Waals surface area contributed by atoms with Crippen LogP contribution in [-0.2, 0) is 11.2 Å². The van der Waals surface area contributed by atoms with Crippen molar-refractivity contribution >= 4 is 28.4 Å². The van der Waals surface area contributed by atoms with E-state index in [1.165, 1.54) is 39.1 Å². The van der Waals surface area contributed by atoms with Crippen molar-refractivity contribution in [3.05, 3.63) is 35.0 Å². The summed E-state index contributed by atoms with van der Waals surface area (Å²) in [5.41, 5.74) is 2.07. The second kappa shape index (κ2) is 10.4. The third-order valence-corrected chi connectivity index (χ3v) is 7.21. The number of rotatable bonds is 10. The summed E-state index contributed by atoms with van der Waals surface area (Å²) in [6, 6.07) is 6.89. The van der Waals surface area contributed by atoms with Gasteiger partial charge in [0.25, 0.3) is 0 Å². The fourth-order valence-corrected chi connectivity index (χ4v) is 5.12. The van der Waals surface area contributed by atoms with Crippen LogP contribution < -0.4 is 0 Å². The highest BCUT2D eigenvalue weighted by Crippen LogP contribution is 2.29. The summed E-state index contributed by atoms with van der Waals surface area (Å²) >= 11 is 6.09. The minimum Gasteiger partial charge on any atom is -0.361 e. The Labute approximate surface area is 191 Å². The maximum atomic E-state index is 13.1. The molecule has 2 aliphatic rings. The maximum Gasteiger partial charge on any atom is 0.227 e. The smallest absolute Gasteiger partial charge is 0.227 e. The van der Waals surface area contributed by atoms with E-state index in [9.17, 15) is 4.79 Å². The van der Waals surface area contributed by atoms with E-state index in [0.29, 0.717) is 23.5 Å². The molecule has 1 aromatic heterocycles. The van der Waals surface area contributed by atoms with Crippen LogP contribution in [0.1, 0.15) is 51.5 Å². The Morgan fingerprint density at radius 1 is 1.26 bits per heavy atom. The molecule has 1 saturated carbocycles. The zero-order valence-corrected chi connectivity index (χ0v) is 19.8. The summed E-state index contributed by atoms with van der Waals surface area (Å²) in [7, 11) is 0. The first-order valence-electron chi connectivity index (χ1n) is 12.1. The van der Waals surface area contributed by atoms with Gasteiger partial charge < -0.3 is 14.8 Å². The highest BCUT2D eigenvalue weighted by atomic mass is 35.5. The topological polar surface area (TPSA) is 42.6 Å². The molecular weight excluding hydrogens is 408 g/mol. The van der Waals surface area contributed by atoms with Crippen LogP contribution in [0.15, 0.2) is 24.4 Å². The molecule has 6 heteroatoms. The van der Waals surface area contributed by atoms with Gasteiger partial charge in [-0.2, -0.15) is 0 Å². The number of nitrogens with zero attached hydrogens (tertiary/aromatic N) is 3. The lowest BCUT2D eigenvalue weighted by atomic mass is 10.1. The lowest BCUT2D eigenvalue weighted by molar-refractivity contribution is -0.131. The summed E-state index contributed by atoms with van der Waals surface area (Å²) in [5.74, 6) is 0.263. The van der Waals surface area contributed by atoms with Crippen LogP contribution in [0.5, 0.6) is 0 Å². The SMILES string of the molecule is CCCN1CCN([C@H](C)CCCN(C(=O)Cc2c[nH]c3cc(Cl)ccc23)C2CC2)CC1. The van der Waals surface area contributed by atoms with Gasteiger partial charge in [-0.25, -0.2) is 0 Å². The Balaban J connectivity index is 1.27. The third kappa shape index (κ3) is 5.82. The van der Waals surface area contributed by atoms with Crippen molar-refractivity contribution in [1.29, 1.82) is 0 Å². The van der Waals surface area contributed by atoms with E-state index in [1.807, 2.05) is 24.4 Å². The van der Waals surface area contributed by atoms with Gasteiger partial charge in [0.05, 0.1) is 6.42 Å². The van der Waals surface area contributed by atoms with Gasteiger partial charge in [0.15, 0.2) is 0 Å². The van der Waals surface area contributed by atoms with Crippen molar-refractivity contribution in [2.75, 3.05) is 39.3 Å².